The monoisotopic (exact) mass is 530 g/mol. The molecule has 0 radical (unpaired) electrons. The molecule has 9 heteroatoms. The van der Waals surface area contributed by atoms with E-state index in [1.807, 2.05) is 0 Å². The maximum atomic E-state index is 14.9. The Hall–Kier alpha value is -2.84. The Labute approximate surface area is 223 Å². The second-order valence-electron chi connectivity index (χ2n) is 12.1. The molecule has 208 valence electrons. The molecule has 1 aromatic carbocycles. The summed E-state index contributed by atoms with van der Waals surface area (Å²) in [6.07, 6.45) is 7.95. The third kappa shape index (κ3) is 5.21. The Morgan fingerprint density at radius 3 is 2.39 bits per heavy atom. The molecule has 0 heterocycles. The lowest BCUT2D eigenvalue weighted by atomic mass is 9.75. The molecule has 3 N–H and O–H groups in total. The summed E-state index contributed by atoms with van der Waals surface area (Å²) in [5, 5.41) is 15.7. The summed E-state index contributed by atoms with van der Waals surface area (Å²) in [6.45, 7) is 2.42. The number of hydrogen-bond donors (Lipinski definition) is 3. The Balaban J connectivity index is 1.28. The van der Waals surface area contributed by atoms with E-state index in [2.05, 4.69) is 10.6 Å². The van der Waals surface area contributed by atoms with Crippen LogP contribution < -0.4 is 20.1 Å². The van der Waals surface area contributed by atoms with Gasteiger partial charge in [0.1, 0.15) is 5.75 Å². The van der Waals surface area contributed by atoms with Crippen molar-refractivity contribution < 1.29 is 33.4 Å². The zero-order valence-corrected chi connectivity index (χ0v) is 22.3. The smallest absolute Gasteiger partial charge is 0.309 e. The molecule has 0 aliphatic heterocycles. The first-order valence-electron chi connectivity index (χ1n) is 14.0. The van der Waals surface area contributed by atoms with E-state index in [4.69, 9.17) is 9.47 Å². The highest BCUT2D eigenvalue weighted by molar-refractivity contribution is 5.98. The van der Waals surface area contributed by atoms with Crippen molar-refractivity contribution in [3.63, 3.8) is 0 Å². The van der Waals surface area contributed by atoms with Gasteiger partial charge in [-0.05, 0) is 88.5 Å². The number of nitrogens with one attached hydrogen (secondary N) is 2. The zero-order chi connectivity index (χ0) is 27.0. The van der Waals surface area contributed by atoms with Crippen LogP contribution in [-0.2, 0) is 9.59 Å². The molecule has 0 spiro atoms. The van der Waals surface area contributed by atoms with Crippen LogP contribution in [0.3, 0.4) is 0 Å². The SMILES string of the molecule is COc1cc(F)c(OC2CCC(C)(C(=O)O)CC2)cc1C(=O)NC1[C@H]2CC[C@H](C2)[C@@H]1C(=O)NCC1CCC1. The molecule has 8 nitrogen and oxygen atoms in total. The average Bonchev–Trinajstić information content (AvgIpc) is 3.47. The molecule has 2 bridgehead atoms. The molecule has 0 saturated heterocycles. The van der Waals surface area contributed by atoms with Gasteiger partial charge in [-0.25, -0.2) is 4.39 Å². The fraction of sp³-hybridized carbons (Fsp3) is 0.690. The van der Waals surface area contributed by atoms with Gasteiger partial charge < -0.3 is 25.2 Å². The van der Waals surface area contributed by atoms with Crippen molar-refractivity contribution >= 4 is 17.8 Å². The van der Waals surface area contributed by atoms with Crippen LogP contribution in [-0.4, -0.2) is 48.7 Å². The highest BCUT2D eigenvalue weighted by Gasteiger charge is 2.51. The Bertz CT molecular complexity index is 1080. The molecular formula is C29H39FN2O6. The van der Waals surface area contributed by atoms with Gasteiger partial charge in [-0.1, -0.05) is 6.42 Å². The van der Waals surface area contributed by atoms with Gasteiger partial charge in [-0.3, -0.25) is 14.4 Å². The number of carbonyl (C=O) groups excluding carboxylic acids is 2. The molecule has 4 aliphatic rings. The molecule has 4 fully saturated rings. The van der Waals surface area contributed by atoms with Crippen LogP contribution >= 0.6 is 0 Å². The number of rotatable bonds is 9. The molecule has 1 unspecified atom stereocenters. The van der Waals surface area contributed by atoms with Gasteiger partial charge in [-0.2, -0.15) is 0 Å². The van der Waals surface area contributed by atoms with Gasteiger partial charge in [0.15, 0.2) is 11.6 Å². The molecule has 4 aliphatic carbocycles. The third-order valence-corrected chi connectivity index (χ3v) is 9.65. The van der Waals surface area contributed by atoms with E-state index in [0.717, 1.165) is 38.2 Å². The van der Waals surface area contributed by atoms with E-state index in [0.29, 0.717) is 38.1 Å². The number of carboxylic acid groups (broad SMARTS) is 1. The summed E-state index contributed by atoms with van der Waals surface area (Å²) >= 11 is 0. The summed E-state index contributed by atoms with van der Waals surface area (Å²) in [5.74, 6) is -0.996. The van der Waals surface area contributed by atoms with Crippen LogP contribution in [0.4, 0.5) is 4.39 Å². The van der Waals surface area contributed by atoms with E-state index >= 15 is 0 Å². The number of halogens is 1. The van der Waals surface area contributed by atoms with E-state index in [1.54, 1.807) is 6.92 Å². The summed E-state index contributed by atoms with van der Waals surface area (Å²) in [5.41, 5.74) is -0.642. The second-order valence-corrected chi connectivity index (χ2v) is 12.1. The van der Waals surface area contributed by atoms with Gasteiger partial charge in [-0.15, -0.1) is 0 Å². The van der Waals surface area contributed by atoms with E-state index in [1.165, 1.54) is 19.6 Å². The molecule has 1 aromatic rings. The highest BCUT2D eigenvalue weighted by Crippen LogP contribution is 2.49. The number of carboxylic acids is 1. The number of amides is 2. The van der Waals surface area contributed by atoms with Crippen LogP contribution in [0.2, 0.25) is 0 Å². The first-order chi connectivity index (χ1) is 18.2. The van der Waals surface area contributed by atoms with Gasteiger partial charge in [0.2, 0.25) is 5.91 Å². The van der Waals surface area contributed by atoms with E-state index in [9.17, 15) is 23.9 Å². The summed E-state index contributed by atoms with van der Waals surface area (Å²) in [7, 11) is 1.38. The summed E-state index contributed by atoms with van der Waals surface area (Å²) in [6, 6.07) is 2.25. The number of ether oxygens (including phenoxy) is 2. The number of hydrogen-bond acceptors (Lipinski definition) is 5. The topological polar surface area (TPSA) is 114 Å². The third-order valence-electron chi connectivity index (χ3n) is 9.65. The molecule has 4 saturated carbocycles. The van der Waals surface area contributed by atoms with Gasteiger partial charge in [0.05, 0.1) is 30.1 Å². The van der Waals surface area contributed by atoms with E-state index < -0.39 is 23.1 Å². The van der Waals surface area contributed by atoms with Gasteiger partial charge >= 0.3 is 5.97 Å². The van der Waals surface area contributed by atoms with Crippen molar-refractivity contribution in [2.24, 2.45) is 29.1 Å². The average molecular weight is 531 g/mol. The molecule has 2 amide bonds. The maximum absolute atomic E-state index is 14.9. The normalized spacial score (nSPS) is 32.3. The molecule has 4 atom stereocenters. The first-order valence-corrected chi connectivity index (χ1v) is 14.0. The van der Waals surface area contributed by atoms with Crippen LogP contribution in [0.1, 0.15) is 81.5 Å². The number of carbonyl (C=O) groups is 3. The Morgan fingerprint density at radius 2 is 1.76 bits per heavy atom. The van der Waals surface area contributed by atoms with Crippen LogP contribution in [0, 0.1) is 34.9 Å². The summed E-state index contributed by atoms with van der Waals surface area (Å²) in [4.78, 5) is 38.2. The van der Waals surface area contributed by atoms with Gasteiger partial charge in [0, 0.05) is 18.7 Å². The van der Waals surface area contributed by atoms with Crippen molar-refractivity contribution in [3.8, 4) is 11.5 Å². The Morgan fingerprint density at radius 1 is 1.05 bits per heavy atom. The van der Waals surface area contributed by atoms with Crippen molar-refractivity contribution in [2.45, 2.75) is 83.3 Å². The molecular weight excluding hydrogens is 491 g/mol. The van der Waals surface area contributed by atoms with Crippen LogP contribution in [0.5, 0.6) is 11.5 Å². The maximum Gasteiger partial charge on any atom is 0.309 e. The second kappa shape index (κ2) is 10.7. The van der Waals surface area contributed by atoms with Crippen LogP contribution in [0.15, 0.2) is 12.1 Å². The molecule has 0 aromatic heterocycles. The lowest BCUT2D eigenvalue weighted by molar-refractivity contribution is -0.150. The predicted molar refractivity (Wildman–Crippen MR) is 138 cm³/mol. The minimum atomic E-state index is -0.832. The fourth-order valence-electron chi connectivity index (χ4n) is 6.88. The number of methoxy groups -OCH3 is 1. The van der Waals surface area contributed by atoms with Crippen molar-refractivity contribution in [1.29, 1.82) is 0 Å². The minimum Gasteiger partial charge on any atom is -0.496 e. The predicted octanol–water partition coefficient (Wildman–Crippen LogP) is 4.31. The quantitative estimate of drug-likeness (QED) is 0.439. The van der Waals surface area contributed by atoms with Crippen LogP contribution in [0.25, 0.3) is 0 Å². The number of aliphatic carboxylic acids is 1. The first kappa shape index (κ1) is 26.8. The molecule has 38 heavy (non-hydrogen) atoms. The van der Waals surface area contributed by atoms with E-state index in [-0.39, 0.29) is 52.9 Å². The zero-order valence-electron chi connectivity index (χ0n) is 22.3. The van der Waals surface area contributed by atoms with Crippen molar-refractivity contribution in [1.82, 2.24) is 10.6 Å². The number of benzene rings is 1. The lowest BCUT2D eigenvalue weighted by Crippen LogP contribution is -2.50. The standard InChI is InChI=1S/C29H39FN2O6/c1-29(28(35)36)10-8-19(9-11-29)38-23-13-20(22(37-2)14-21(23)30)26(33)32-25-18-7-6-17(12-18)24(25)27(34)31-15-16-4-3-5-16/h13-14,16-19,24-25H,3-12,15H2,1-2H3,(H,31,34)(H,32,33)(H,35,36)/t17-,18+,19?,24+,25?,29?/m1/s1. The molecule has 5 rings (SSSR count). The largest absolute Gasteiger partial charge is 0.496 e. The number of fused-ring (bicyclic) bond motifs is 2. The summed E-state index contributed by atoms with van der Waals surface area (Å²) < 4.78 is 26.2. The van der Waals surface area contributed by atoms with Crippen molar-refractivity contribution in [3.05, 3.63) is 23.5 Å². The highest BCUT2D eigenvalue weighted by atomic mass is 19.1. The minimum absolute atomic E-state index is 0.0233. The Kier molecular flexibility index (Phi) is 7.56. The lowest BCUT2D eigenvalue weighted by Gasteiger charge is -2.34. The fourth-order valence-corrected chi connectivity index (χ4v) is 6.88. The van der Waals surface area contributed by atoms with Gasteiger partial charge in [0.25, 0.3) is 5.91 Å². The van der Waals surface area contributed by atoms with Crippen molar-refractivity contribution in [2.75, 3.05) is 13.7 Å².